The smallest absolute Gasteiger partial charge is 0.0831 e. The van der Waals surface area contributed by atoms with Gasteiger partial charge in [0.15, 0.2) is 0 Å². The Morgan fingerprint density at radius 1 is 1.27 bits per heavy atom. The molecule has 0 radical (unpaired) electrons. The molecule has 1 unspecified atom stereocenters. The molecule has 11 heavy (non-hydrogen) atoms. The highest BCUT2D eigenvalue weighted by atomic mass is 16.5. The molecule has 0 saturated carbocycles. The Hall–Kier alpha value is -0.0800. The van der Waals surface area contributed by atoms with Crippen molar-refractivity contribution in [1.29, 1.82) is 0 Å². The van der Waals surface area contributed by atoms with Gasteiger partial charge in [0.2, 0.25) is 0 Å². The second kappa shape index (κ2) is 6.62. The lowest BCUT2D eigenvalue weighted by Gasteiger charge is -2.19. The molecule has 0 aromatic rings. The van der Waals surface area contributed by atoms with Crippen molar-refractivity contribution in [3.63, 3.8) is 0 Å². The third-order valence-electron chi connectivity index (χ3n) is 1.61. The summed E-state index contributed by atoms with van der Waals surface area (Å²) in [5, 5.41) is 0. The molecule has 0 saturated heterocycles. The van der Waals surface area contributed by atoms with Crippen LogP contribution in [0.15, 0.2) is 0 Å². The minimum atomic E-state index is 0.264. The average Bonchev–Trinajstić information content (AvgIpc) is 1.97. The summed E-state index contributed by atoms with van der Waals surface area (Å²) in [7, 11) is 1.71. The van der Waals surface area contributed by atoms with E-state index in [1.165, 1.54) is 0 Å². The molecule has 2 heteroatoms. The summed E-state index contributed by atoms with van der Waals surface area (Å²) in [4.78, 5) is 0. The Morgan fingerprint density at radius 3 is 2.27 bits per heavy atom. The monoisotopic (exact) mass is 160 g/mol. The van der Waals surface area contributed by atoms with E-state index in [2.05, 4.69) is 20.8 Å². The first-order chi connectivity index (χ1) is 5.22. The van der Waals surface area contributed by atoms with E-state index in [-0.39, 0.29) is 6.10 Å². The van der Waals surface area contributed by atoms with Crippen LogP contribution >= 0.6 is 0 Å². The van der Waals surface area contributed by atoms with Gasteiger partial charge in [-0.3, -0.25) is 0 Å². The highest BCUT2D eigenvalue weighted by Crippen LogP contribution is 2.06. The van der Waals surface area contributed by atoms with Crippen molar-refractivity contribution in [2.75, 3.05) is 20.3 Å². The van der Waals surface area contributed by atoms with Crippen molar-refractivity contribution in [2.24, 2.45) is 5.92 Å². The van der Waals surface area contributed by atoms with E-state index in [9.17, 15) is 0 Å². The predicted molar refractivity (Wildman–Crippen MR) is 46.7 cm³/mol. The van der Waals surface area contributed by atoms with E-state index >= 15 is 0 Å². The summed E-state index contributed by atoms with van der Waals surface area (Å²) < 4.78 is 10.6. The molecule has 0 aliphatic heterocycles. The zero-order chi connectivity index (χ0) is 8.69. The fourth-order valence-corrected chi connectivity index (χ4v) is 0.867. The van der Waals surface area contributed by atoms with Crippen LogP contribution in [-0.2, 0) is 9.47 Å². The van der Waals surface area contributed by atoms with Crippen molar-refractivity contribution in [1.82, 2.24) is 0 Å². The van der Waals surface area contributed by atoms with Crippen LogP contribution in [0.2, 0.25) is 0 Å². The van der Waals surface area contributed by atoms with E-state index in [4.69, 9.17) is 9.47 Å². The van der Waals surface area contributed by atoms with Crippen molar-refractivity contribution in [3.05, 3.63) is 0 Å². The molecule has 0 heterocycles. The van der Waals surface area contributed by atoms with Gasteiger partial charge in [-0.2, -0.15) is 0 Å². The molecule has 0 aliphatic carbocycles. The molecule has 0 aromatic heterocycles. The average molecular weight is 160 g/mol. The van der Waals surface area contributed by atoms with Crippen molar-refractivity contribution in [3.8, 4) is 0 Å². The summed E-state index contributed by atoms with van der Waals surface area (Å²) in [6.07, 6.45) is 1.34. The first-order valence-corrected chi connectivity index (χ1v) is 4.32. The zero-order valence-electron chi connectivity index (χ0n) is 8.09. The number of methoxy groups -OCH3 is 1. The lowest BCUT2D eigenvalue weighted by molar-refractivity contribution is -0.0265. The van der Waals surface area contributed by atoms with Gasteiger partial charge in [0.25, 0.3) is 0 Å². The van der Waals surface area contributed by atoms with Crippen LogP contribution < -0.4 is 0 Å². The van der Waals surface area contributed by atoms with Gasteiger partial charge in [0, 0.05) is 13.7 Å². The van der Waals surface area contributed by atoms with Crippen molar-refractivity contribution in [2.45, 2.75) is 33.3 Å². The van der Waals surface area contributed by atoms with Gasteiger partial charge in [-0.25, -0.2) is 0 Å². The van der Waals surface area contributed by atoms with Crippen LogP contribution in [0.4, 0.5) is 0 Å². The van der Waals surface area contributed by atoms with Crippen LogP contribution in [0.25, 0.3) is 0 Å². The predicted octanol–water partition coefficient (Wildman–Crippen LogP) is 2.08. The van der Waals surface area contributed by atoms with Gasteiger partial charge < -0.3 is 9.47 Å². The van der Waals surface area contributed by atoms with E-state index in [1.54, 1.807) is 7.11 Å². The fourth-order valence-electron chi connectivity index (χ4n) is 0.867. The van der Waals surface area contributed by atoms with E-state index in [0.717, 1.165) is 13.0 Å². The molecule has 0 aliphatic rings. The maximum absolute atomic E-state index is 5.57. The van der Waals surface area contributed by atoms with E-state index < -0.39 is 0 Å². The lowest BCUT2D eigenvalue weighted by atomic mass is 10.1. The third-order valence-corrected chi connectivity index (χ3v) is 1.61. The maximum Gasteiger partial charge on any atom is 0.0831 e. The van der Waals surface area contributed by atoms with Crippen LogP contribution in [0, 0.1) is 5.92 Å². The minimum Gasteiger partial charge on any atom is -0.382 e. The molecule has 68 valence electrons. The summed E-state index contributed by atoms with van der Waals surface area (Å²) >= 11 is 0. The molecule has 0 aromatic carbocycles. The molecule has 0 bridgehead atoms. The highest BCUT2D eigenvalue weighted by Gasteiger charge is 2.12. The molecular formula is C9H20O2. The number of hydrogen-bond donors (Lipinski definition) is 0. The van der Waals surface area contributed by atoms with Gasteiger partial charge in [-0.1, -0.05) is 20.8 Å². The van der Waals surface area contributed by atoms with Gasteiger partial charge in [0.05, 0.1) is 12.7 Å². The first-order valence-electron chi connectivity index (χ1n) is 4.32. The number of ether oxygens (including phenoxy) is 2. The van der Waals surface area contributed by atoms with Gasteiger partial charge in [0.1, 0.15) is 0 Å². The van der Waals surface area contributed by atoms with Crippen LogP contribution in [-0.4, -0.2) is 26.4 Å². The van der Waals surface area contributed by atoms with Crippen molar-refractivity contribution < 1.29 is 9.47 Å². The molecule has 0 spiro atoms. The van der Waals surface area contributed by atoms with Gasteiger partial charge >= 0.3 is 0 Å². The Labute approximate surface area is 69.9 Å². The molecule has 0 fully saturated rings. The first kappa shape index (κ1) is 10.9. The SMILES string of the molecule is CCCOC(COC)C(C)C. The van der Waals surface area contributed by atoms with E-state index in [0.29, 0.717) is 12.5 Å². The minimum absolute atomic E-state index is 0.264. The Kier molecular flexibility index (Phi) is 6.57. The largest absolute Gasteiger partial charge is 0.382 e. The van der Waals surface area contributed by atoms with Crippen molar-refractivity contribution >= 4 is 0 Å². The molecule has 0 amide bonds. The normalized spacial score (nSPS) is 13.9. The highest BCUT2D eigenvalue weighted by molar-refractivity contribution is 4.60. The fraction of sp³-hybridized carbons (Fsp3) is 1.00. The zero-order valence-corrected chi connectivity index (χ0v) is 8.09. The Balaban J connectivity index is 3.51. The molecule has 1 atom stereocenters. The van der Waals surface area contributed by atoms with Crippen LogP contribution in [0.5, 0.6) is 0 Å². The number of hydrogen-bond acceptors (Lipinski definition) is 2. The molecule has 0 rings (SSSR count). The summed E-state index contributed by atoms with van der Waals surface area (Å²) in [5.41, 5.74) is 0. The summed E-state index contributed by atoms with van der Waals surface area (Å²) in [5.74, 6) is 0.543. The maximum atomic E-state index is 5.57. The summed E-state index contributed by atoms with van der Waals surface area (Å²) in [6.45, 7) is 7.97. The standard InChI is InChI=1S/C9H20O2/c1-5-6-11-9(7-10-4)8(2)3/h8-9H,5-7H2,1-4H3. The Morgan fingerprint density at radius 2 is 1.91 bits per heavy atom. The second-order valence-electron chi connectivity index (χ2n) is 3.11. The van der Waals surface area contributed by atoms with Gasteiger partial charge in [-0.15, -0.1) is 0 Å². The topological polar surface area (TPSA) is 18.5 Å². The quantitative estimate of drug-likeness (QED) is 0.592. The second-order valence-corrected chi connectivity index (χ2v) is 3.11. The third kappa shape index (κ3) is 5.22. The molecule has 2 nitrogen and oxygen atoms in total. The van der Waals surface area contributed by atoms with Crippen LogP contribution in [0.1, 0.15) is 27.2 Å². The van der Waals surface area contributed by atoms with Gasteiger partial charge in [-0.05, 0) is 12.3 Å². The summed E-state index contributed by atoms with van der Waals surface area (Å²) in [6, 6.07) is 0. The van der Waals surface area contributed by atoms with Crippen LogP contribution in [0.3, 0.4) is 0 Å². The lowest BCUT2D eigenvalue weighted by Crippen LogP contribution is -2.25. The molecular weight excluding hydrogens is 140 g/mol. The molecule has 0 N–H and O–H groups in total. The van der Waals surface area contributed by atoms with E-state index in [1.807, 2.05) is 0 Å². The Bertz CT molecular complexity index is 81.6. The number of rotatable bonds is 6.